The van der Waals surface area contributed by atoms with Crippen molar-refractivity contribution >= 4 is 51.1 Å². The number of benzene rings is 2. The quantitative estimate of drug-likeness (QED) is 0.142. The number of ether oxygens (including phenoxy) is 3. The normalized spacial score (nSPS) is 11.0. The summed E-state index contributed by atoms with van der Waals surface area (Å²) >= 11 is 4.41. The minimum Gasteiger partial charge on any atom is -0.489 e. The molecule has 0 aliphatic rings. The van der Waals surface area contributed by atoms with E-state index in [1.54, 1.807) is 45.0 Å². The molecule has 0 aliphatic carbocycles. The average Bonchev–Trinajstić information content (AvgIpc) is 3.23. The first-order valence-corrected chi connectivity index (χ1v) is 13.5. The van der Waals surface area contributed by atoms with Crippen molar-refractivity contribution < 1.29 is 28.6 Å². The van der Waals surface area contributed by atoms with Crippen molar-refractivity contribution in [2.45, 2.75) is 33.8 Å². The van der Waals surface area contributed by atoms with Crippen LogP contribution in [0.3, 0.4) is 0 Å². The number of ketones is 1. The van der Waals surface area contributed by atoms with Gasteiger partial charge in [0.2, 0.25) is 0 Å². The molecule has 0 aliphatic heterocycles. The van der Waals surface area contributed by atoms with Crippen molar-refractivity contribution in [1.29, 1.82) is 5.26 Å². The standard InChI is InChI=1S/C29H26BrNO6S/c1-4-35-28(33)26-18(3)27(29(34)36-5-2)38-25(26)15-24(32)21(16-31)14-19-8-12-23(13-9-19)37-17-20-6-10-22(30)11-7-20/h6-14H,4-5,15,17H2,1-3H3/b21-14+. The zero-order chi connectivity index (χ0) is 27.7. The Kier molecular flexibility index (Phi) is 10.4. The smallest absolute Gasteiger partial charge is 0.348 e. The number of thiophene rings is 1. The van der Waals surface area contributed by atoms with E-state index in [-0.39, 0.29) is 35.6 Å². The van der Waals surface area contributed by atoms with Gasteiger partial charge in [-0.15, -0.1) is 11.3 Å². The van der Waals surface area contributed by atoms with Gasteiger partial charge in [0.1, 0.15) is 23.3 Å². The highest BCUT2D eigenvalue weighted by atomic mass is 79.9. The maximum atomic E-state index is 13.1. The Morgan fingerprint density at radius 3 is 2.21 bits per heavy atom. The molecule has 9 heteroatoms. The Labute approximate surface area is 233 Å². The van der Waals surface area contributed by atoms with E-state index in [2.05, 4.69) is 15.9 Å². The van der Waals surface area contributed by atoms with Crippen molar-refractivity contribution in [2.75, 3.05) is 13.2 Å². The molecule has 0 spiro atoms. The summed E-state index contributed by atoms with van der Waals surface area (Å²) in [7, 11) is 0. The largest absolute Gasteiger partial charge is 0.489 e. The van der Waals surface area contributed by atoms with E-state index in [9.17, 15) is 19.6 Å². The predicted molar refractivity (Wildman–Crippen MR) is 148 cm³/mol. The number of carbonyl (C=O) groups is 3. The molecular formula is C29H26BrNO6S. The van der Waals surface area contributed by atoms with Crippen LogP contribution in [-0.2, 0) is 27.3 Å². The molecule has 1 aromatic heterocycles. The summed E-state index contributed by atoms with van der Waals surface area (Å²) in [5.41, 5.74) is 2.15. The molecule has 3 aromatic rings. The van der Waals surface area contributed by atoms with Crippen LogP contribution in [0.5, 0.6) is 5.75 Å². The monoisotopic (exact) mass is 595 g/mol. The number of nitrogens with zero attached hydrogens (tertiary/aromatic N) is 1. The van der Waals surface area contributed by atoms with Crippen LogP contribution < -0.4 is 4.74 Å². The molecule has 7 nitrogen and oxygen atoms in total. The first-order chi connectivity index (χ1) is 18.3. The summed E-state index contributed by atoms with van der Waals surface area (Å²) < 4.78 is 17.0. The SMILES string of the molecule is CCOC(=O)c1sc(CC(=O)/C(C#N)=C/c2ccc(OCc3ccc(Br)cc3)cc2)c(C(=O)OCC)c1C. The number of hydrogen-bond acceptors (Lipinski definition) is 8. The Balaban J connectivity index is 1.77. The summed E-state index contributed by atoms with van der Waals surface area (Å²) in [6.07, 6.45) is 1.25. The van der Waals surface area contributed by atoms with Crippen LogP contribution in [0.1, 0.15) is 55.4 Å². The highest BCUT2D eigenvalue weighted by Crippen LogP contribution is 2.31. The minimum absolute atomic E-state index is 0.0768. The van der Waals surface area contributed by atoms with Crippen molar-refractivity contribution in [2.24, 2.45) is 0 Å². The van der Waals surface area contributed by atoms with Crippen LogP contribution >= 0.6 is 27.3 Å². The lowest BCUT2D eigenvalue weighted by Gasteiger charge is -2.07. The molecule has 0 amide bonds. The van der Waals surface area contributed by atoms with Crippen molar-refractivity contribution in [3.05, 3.63) is 90.6 Å². The number of carbonyl (C=O) groups excluding carboxylic acids is 3. The molecule has 2 aromatic carbocycles. The predicted octanol–water partition coefficient (Wildman–Crippen LogP) is 6.47. The van der Waals surface area contributed by atoms with E-state index in [1.165, 1.54) is 6.08 Å². The Hall–Kier alpha value is -3.74. The number of halogens is 1. The van der Waals surface area contributed by atoms with Crippen LogP contribution in [0, 0.1) is 18.3 Å². The van der Waals surface area contributed by atoms with Crippen LogP contribution in [0.2, 0.25) is 0 Å². The zero-order valence-corrected chi connectivity index (χ0v) is 23.6. The maximum Gasteiger partial charge on any atom is 0.348 e. The van der Waals surface area contributed by atoms with E-state index in [0.29, 0.717) is 28.4 Å². The summed E-state index contributed by atoms with van der Waals surface area (Å²) in [6, 6.07) is 16.8. The fourth-order valence-corrected chi connectivity index (χ4v) is 5.00. The second kappa shape index (κ2) is 13.7. The van der Waals surface area contributed by atoms with E-state index >= 15 is 0 Å². The van der Waals surface area contributed by atoms with Gasteiger partial charge in [0.25, 0.3) is 0 Å². The van der Waals surface area contributed by atoms with Crippen LogP contribution in [0.25, 0.3) is 6.08 Å². The van der Waals surface area contributed by atoms with Crippen LogP contribution in [0.4, 0.5) is 0 Å². The van der Waals surface area contributed by atoms with Crippen LogP contribution in [-0.4, -0.2) is 30.9 Å². The van der Waals surface area contributed by atoms with Gasteiger partial charge >= 0.3 is 11.9 Å². The van der Waals surface area contributed by atoms with Gasteiger partial charge in [-0.3, -0.25) is 4.79 Å². The van der Waals surface area contributed by atoms with Gasteiger partial charge in [-0.1, -0.05) is 40.2 Å². The first kappa shape index (κ1) is 28.8. The Morgan fingerprint density at radius 1 is 0.974 bits per heavy atom. The third-order valence-corrected chi connectivity index (χ3v) is 7.21. The first-order valence-electron chi connectivity index (χ1n) is 11.9. The second-order valence-electron chi connectivity index (χ2n) is 8.05. The number of nitriles is 1. The minimum atomic E-state index is -0.624. The highest BCUT2D eigenvalue weighted by molar-refractivity contribution is 9.10. The second-order valence-corrected chi connectivity index (χ2v) is 10.1. The van der Waals surface area contributed by atoms with Gasteiger partial charge in [0.05, 0.1) is 24.4 Å². The number of hydrogen-bond donors (Lipinski definition) is 0. The van der Waals surface area contributed by atoms with Gasteiger partial charge in [0.15, 0.2) is 5.78 Å². The molecule has 196 valence electrons. The Morgan fingerprint density at radius 2 is 1.61 bits per heavy atom. The lowest BCUT2D eigenvalue weighted by Crippen LogP contribution is -2.12. The topological polar surface area (TPSA) is 103 Å². The molecule has 0 atom stereocenters. The van der Waals surface area contributed by atoms with Crippen molar-refractivity contribution in [3.63, 3.8) is 0 Å². The van der Waals surface area contributed by atoms with Gasteiger partial charge in [-0.2, -0.15) is 5.26 Å². The van der Waals surface area contributed by atoms with Gasteiger partial charge in [-0.05, 0) is 67.8 Å². The fourth-order valence-electron chi connectivity index (χ4n) is 3.55. The van der Waals surface area contributed by atoms with Crippen molar-refractivity contribution in [1.82, 2.24) is 0 Å². The van der Waals surface area contributed by atoms with E-state index in [1.807, 2.05) is 30.3 Å². The van der Waals surface area contributed by atoms with Crippen LogP contribution in [0.15, 0.2) is 58.6 Å². The molecule has 0 unspecified atom stereocenters. The molecule has 38 heavy (non-hydrogen) atoms. The van der Waals surface area contributed by atoms with E-state index in [0.717, 1.165) is 21.4 Å². The summed E-state index contributed by atoms with van der Waals surface area (Å²) in [6.45, 7) is 5.69. The highest BCUT2D eigenvalue weighted by Gasteiger charge is 2.28. The summed E-state index contributed by atoms with van der Waals surface area (Å²) in [5.74, 6) is -1.03. The third-order valence-electron chi connectivity index (χ3n) is 5.41. The summed E-state index contributed by atoms with van der Waals surface area (Å²) in [4.78, 5) is 38.6. The lowest BCUT2D eigenvalue weighted by molar-refractivity contribution is -0.114. The van der Waals surface area contributed by atoms with Crippen molar-refractivity contribution in [3.8, 4) is 11.8 Å². The van der Waals surface area contributed by atoms with Gasteiger partial charge in [-0.25, -0.2) is 9.59 Å². The molecule has 3 rings (SSSR count). The van der Waals surface area contributed by atoms with E-state index in [4.69, 9.17) is 14.2 Å². The molecule has 0 N–H and O–H groups in total. The molecule has 0 saturated carbocycles. The van der Waals surface area contributed by atoms with E-state index < -0.39 is 17.7 Å². The van der Waals surface area contributed by atoms with Gasteiger partial charge < -0.3 is 14.2 Å². The maximum absolute atomic E-state index is 13.1. The molecule has 1 heterocycles. The summed E-state index contributed by atoms with van der Waals surface area (Å²) in [5, 5.41) is 9.67. The van der Waals surface area contributed by atoms with Gasteiger partial charge in [0, 0.05) is 15.8 Å². The molecule has 0 saturated heterocycles. The number of allylic oxidation sites excluding steroid dienone is 1. The average molecular weight is 596 g/mol. The number of Topliss-reactive ketones (excluding diaryl/α,β-unsaturated/α-hetero) is 1. The zero-order valence-electron chi connectivity index (χ0n) is 21.2. The lowest BCUT2D eigenvalue weighted by atomic mass is 10.0. The molecule has 0 radical (unpaired) electrons. The molecule has 0 bridgehead atoms. The third kappa shape index (κ3) is 7.40. The number of rotatable bonds is 11. The Bertz CT molecular complexity index is 1380. The fraction of sp³-hybridized carbons (Fsp3) is 0.241. The molecule has 0 fully saturated rings. The number of esters is 2. The molecular weight excluding hydrogens is 570 g/mol.